The third kappa shape index (κ3) is 7.35. The standard InChI is InChI=1S/C37H41N5O6/c1-21-11-13-23(3)29(19-21)41-25(5)27(31(39-41)34(44)47-9)17-15-26(38-36(46)37(6,7)8)16-18-28-32(35(45)48-10)40-42(33(28)43)30-20-22(2)12-14-24(30)4/h11-20H,1-10H3,(H,38,46). The van der Waals surface area contributed by atoms with E-state index >= 15 is 0 Å². The number of allylic oxidation sites excluding steroid dienone is 3. The third-order valence-electron chi connectivity index (χ3n) is 7.78. The van der Waals surface area contributed by atoms with Crippen molar-refractivity contribution in [2.24, 2.45) is 10.5 Å². The molecule has 11 heteroatoms. The van der Waals surface area contributed by atoms with Crippen molar-refractivity contribution < 1.29 is 28.7 Å². The second-order valence-electron chi connectivity index (χ2n) is 12.6. The first-order chi connectivity index (χ1) is 22.6. The highest BCUT2D eigenvalue weighted by atomic mass is 16.5. The van der Waals surface area contributed by atoms with Gasteiger partial charge in [-0.3, -0.25) is 9.59 Å². The lowest BCUT2D eigenvalue weighted by molar-refractivity contribution is -0.132. The van der Waals surface area contributed by atoms with Gasteiger partial charge in [-0.15, -0.1) is 0 Å². The minimum atomic E-state index is -0.788. The molecule has 0 fully saturated rings. The number of methoxy groups -OCH3 is 2. The molecule has 1 aliphatic rings. The molecule has 3 aromatic rings. The predicted octanol–water partition coefficient (Wildman–Crippen LogP) is 5.76. The number of rotatable bonds is 8. The van der Waals surface area contributed by atoms with Crippen LogP contribution < -0.4 is 10.3 Å². The van der Waals surface area contributed by atoms with Crippen LogP contribution in [0.1, 0.15) is 64.8 Å². The van der Waals surface area contributed by atoms with Gasteiger partial charge in [0.05, 0.1) is 31.2 Å². The molecule has 0 atom stereocenters. The Morgan fingerprint density at radius 3 is 2.02 bits per heavy atom. The lowest BCUT2D eigenvalue weighted by Crippen LogP contribution is -2.33. The van der Waals surface area contributed by atoms with Crippen LogP contribution in [0.3, 0.4) is 0 Å². The van der Waals surface area contributed by atoms with Gasteiger partial charge in [-0.05, 0) is 93.3 Å². The summed E-state index contributed by atoms with van der Waals surface area (Å²) in [5, 5.41) is 13.0. The Labute approximate surface area is 280 Å². The Balaban J connectivity index is 1.85. The molecule has 2 aromatic carbocycles. The van der Waals surface area contributed by atoms with Gasteiger partial charge in [-0.2, -0.15) is 15.2 Å². The Kier molecular flexibility index (Phi) is 10.3. The fourth-order valence-electron chi connectivity index (χ4n) is 4.87. The van der Waals surface area contributed by atoms with Gasteiger partial charge in [0.1, 0.15) is 0 Å². The zero-order valence-electron chi connectivity index (χ0n) is 29.0. The van der Waals surface area contributed by atoms with Crippen molar-refractivity contribution >= 4 is 41.2 Å². The van der Waals surface area contributed by atoms with Gasteiger partial charge in [0.2, 0.25) is 5.91 Å². The first-order valence-electron chi connectivity index (χ1n) is 15.3. The van der Waals surface area contributed by atoms with Gasteiger partial charge in [0, 0.05) is 22.4 Å². The lowest BCUT2D eigenvalue weighted by atomic mass is 9.95. The van der Waals surface area contributed by atoms with E-state index < -0.39 is 23.3 Å². The molecule has 0 unspecified atom stereocenters. The molecule has 0 saturated heterocycles. The first-order valence-corrected chi connectivity index (χ1v) is 15.3. The van der Waals surface area contributed by atoms with E-state index in [4.69, 9.17) is 9.47 Å². The van der Waals surface area contributed by atoms with Crippen LogP contribution in [-0.2, 0) is 23.9 Å². The molecule has 0 aliphatic carbocycles. The molecule has 0 bridgehead atoms. The molecule has 1 aliphatic heterocycles. The van der Waals surface area contributed by atoms with Crippen LogP contribution in [0.4, 0.5) is 5.69 Å². The number of anilines is 1. The van der Waals surface area contributed by atoms with E-state index in [2.05, 4.69) is 15.5 Å². The number of esters is 2. The fourth-order valence-corrected chi connectivity index (χ4v) is 4.87. The average Bonchev–Trinajstić information content (AvgIpc) is 3.55. The molecular formula is C37H41N5O6. The molecule has 0 radical (unpaired) electrons. The summed E-state index contributed by atoms with van der Waals surface area (Å²) in [5.41, 5.74) is 5.56. The largest absolute Gasteiger partial charge is 0.464 e. The van der Waals surface area contributed by atoms with Crippen LogP contribution in [-0.4, -0.2) is 53.5 Å². The van der Waals surface area contributed by atoms with Crippen LogP contribution in [0.5, 0.6) is 0 Å². The molecule has 250 valence electrons. The second kappa shape index (κ2) is 14.0. The lowest BCUT2D eigenvalue weighted by Gasteiger charge is -2.18. The van der Waals surface area contributed by atoms with Gasteiger partial charge in [0.15, 0.2) is 11.4 Å². The van der Waals surface area contributed by atoms with Crippen molar-refractivity contribution in [1.82, 2.24) is 15.1 Å². The minimum absolute atomic E-state index is 0.0205. The number of ether oxygens (including phenoxy) is 2. The number of hydrogen-bond acceptors (Lipinski definition) is 8. The summed E-state index contributed by atoms with van der Waals surface area (Å²) in [6.07, 6.45) is 6.17. The number of benzene rings is 2. The summed E-state index contributed by atoms with van der Waals surface area (Å²) in [4.78, 5) is 52.5. The Morgan fingerprint density at radius 2 is 1.44 bits per heavy atom. The maximum absolute atomic E-state index is 13.7. The highest BCUT2D eigenvalue weighted by Crippen LogP contribution is 2.29. The normalized spacial score (nSPS) is 14.5. The second-order valence-corrected chi connectivity index (χ2v) is 12.6. The van der Waals surface area contributed by atoms with Gasteiger partial charge in [-0.25, -0.2) is 14.3 Å². The molecule has 4 rings (SSSR count). The van der Waals surface area contributed by atoms with E-state index in [1.54, 1.807) is 37.6 Å². The summed E-state index contributed by atoms with van der Waals surface area (Å²) in [6.45, 7) is 14.8. The highest BCUT2D eigenvalue weighted by molar-refractivity contribution is 6.53. The van der Waals surface area contributed by atoms with Crippen LogP contribution in [0.2, 0.25) is 0 Å². The molecule has 1 N–H and O–H groups in total. The van der Waals surface area contributed by atoms with Crippen molar-refractivity contribution in [3.8, 4) is 5.69 Å². The summed E-state index contributed by atoms with van der Waals surface area (Å²) in [6, 6.07) is 11.5. The van der Waals surface area contributed by atoms with E-state index in [1.807, 2.05) is 71.0 Å². The average molecular weight is 652 g/mol. The van der Waals surface area contributed by atoms with Gasteiger partial charge >= 0.3 is 11.9 Å². The molecule has 11 nitrogen and oxygen atoms in total. The summed E-state index contributed by atoms with van der Waals surface area (Å²) >= 11 is 0. The number of aryl methyl sites for hydroxylation is 4. The maximum atomic E-state index is 13.7. The third-order valence-corrected chi connectivity index (χ3v) is 7.78. The molecule has 1 aromatic heterocycles. The monoisotopic (exact) mass is 651 g/mol. The quantitative estimate of drug-likeness (QED) is 0.186. The number of amides is 2. The first kappa shape index (κ1) is 35.3. The smallest absolute Gasteiger partial charge is 0.359 e. The van der Waals surface area contributed by atoms with E-state index in [0.717, 1.165) is 27.9 Å². The van der Waals surface area contributed by atoms with Crippen LogP contribution in [0.25, 0.3) is 11.8 Å². The molecule has 2 amide bonds. The zero-order valence-corrected chi connectivity index (χ0v) is 29.0. The Morgan fingerprint density at radius 1 is 0.854 bits per heavy atom. The Bertz CT molecular complexity index is 1940. The molecular weight excluding hydrogens is 610 g/mol. The number of hydrazone groups is 1. The van der Waals surface area contributed by atoms with Gasteiger partial charge in [0.25, 0.3) is 5.91 Å². The summed E-state index contributed by atoms with van der Waals surface area (Å²) < 4.78 is 11.7. The molecule has 0 saturated carbocycles. The predicted molar refractivity (Wildman–Crippen MR) is 185 cm³/mol. The number of carbonyl (C=O) groups is 4. The molecule has 0 spiro atoms. The summed E-state index contributed by atoms with van der Waals surface area (Å²) in [5.74, 6) is -2.26. The highest BCUT2D eigenvalue weighted by Gasteiger charge is 2.36. The van der Waals surface area contributed by atoms with Crippen LogP contribution in [0.15, 0.2) is 71.0 Å². The fraction of sp³-hybridized carbons (Fsp3) is 0.297. The van der Waals surface area contributed by atoms with Gasteiger partial charge in [-0.1, -0.05) is 45.0 Å². The number of nitrogens with one attached hydrogen (secondary N) is 1. The van der Waals surface area contributed by atoms with Crippen molar-refractivity contribution in [1.29, 1.82) is 0 Å². The summed E-state index contributed by atoms with van der Waals surface area (Å²) in [7, 11) is 2.49. The molecule has 48 heavy (non-hydrogen) atoms. The van der Waals surface area contributed by atoms with Gasteiger partial charge < -0.3 is 14.8 Å². The zero-order chi connectivity index (χ0) is 35.5. The van der Waals surface area contributed by atoms with E-state index in [-0.39, 0.29) is 28.6 Å². The minimum Gasteiger partial charge on any atom is -0.464 e. The topological polar surface area (TPSA) is 132 Å². The van der Waals surface area contributed by atoms with Crippen molar-refractivity contribution in [3.05, 3.63) is 105 Å². The number of carbonyl (C=O) groups excluding carboxylic acids is 4. The molecule has 2 heterocycles. The van der Waals surface area contributed by atoms with E-state index in [0.29, 0.717) is 16.9 Å². The van der Waals surface area contributed by atoms with Crippen molar-refractivity contribution in [2.45, 2.75) is 55.4 Å². The SMILES string of the molecule is COC(=O)C1=NN(c2cc(C)ccc2C)C(=O)C1=CC=C(C=Cc1c(C(=O)OC)nn(-c2cc(C)ccc2C)c1C)NC(=O)C(C)(C)C. The van der Waals surface area contributed by atoms with E-state index in [9.17, 15) is 19.2 Å². The van der Waals surface area contributed by atoms with Crippen molar-refractivity contribution in [2.75, 3.05) is 19.2 Å². The van der Waals surface area contributed by atoms with E-state index in [1.165, 1.54) is 31.4 Å². The maximum Gasteiger partial charge on any atom is 0.359 e. The van der Waals surface area contributed by atoms with Crippen LogP contribution >= 0.6 is 0 Å². The number of nitrogens with zero attached hydrogens (tertiary/aromatic N) is 4. The van der Waals surface area contributed by atoms with Crippen molar-refractivity contribution in [3.63, 3.8) is 0 Å². The Hall–Kier alpha value is -5.58. The van der Waals surface area contributed by atoms with Crippen LogP contribution in [0, 0.1) is 40.0 Å². The number of aromatic nitrogens is 2. The number of hydrogen-bond donors (Lipinski definition) is 1.